The average molecular weight is 296 g/mol. The van der Waals surface area contributed by atoms with Crippen molar-refractivity contribution in [3.05, 3.63) is 76.7 Å². The minimum absolute atomic E-state index is 0.0728. The first-order valence-corrected chi connectivity index (χ1v) is 7.53. The summed E-state index contributed by atoms with van der Waals surface area (Å²) in [5, 5.41) is 0. The largest absolute Gasteiger partial charge is 0.305 e. The third kappa shape index (κ3) is 2.85. The van der Waals surface area contributed by atoms with Gasteiger partial charge >= 0.3 is 0 Å². The van der Waals surface area contributed by atoms with Crippen molar-refractivity contribution in [1.29, 1.82) is 0 Å². The lowest BCUT2D eigenvalue weighted by Crippen LogP contribution is -2.24. The number of fused-ring (bicyclic) bond motifs is 1. The molecule has 1 unspecified atom stereocenters. The number of rotatable bonds is 4. The normalized spacial score (nSPS) is 12.4. The maximum absolute atomic E-state index is 12.2. The van der Waals surface area contributed by atoms with Gasteiger partial charge in [0.2, 0.25) is 0 Å². The molecule has 0 fully saturated rings. The summed E-state index contributed by atoms with van der Waals surface area (Å²) in [4.78, 5) is 16.4. The zero-order valence-corrected chi connectivity index (χ0v) is 12.4. The maximum Gasteiger partial charge on any atom is 0.269 e. The van der Waals surface area contributed by atoms with Gasteiger partial charge < -0.3 is 4.57 Å². The van der Waals surface area contributed by atoms with E-state index in [9.17, 15) is 4.79 Å². The van der Waals surface area contributed by atoms with E-state index in [1.54, 1.807) is 4.57 Å². The first-order valence-electron chi connectivity index (χ1n) is 6.90. The molecule has 4 heteroatoms. The summed E-state index contributed by atoms with van der Waals surface area (Å²) in [7, 11) is 0. The van der Waals surface area contributed by atoms with Crippen molar-refractivity contribution in [3.63, 3.8) is 0 Å². The molecule has 0 N–H and O–H groups in total. The fraction of sp³-hybridized carbons (Fsp3) is 0.176. The van der Waals surface area contributed by atoms with Gasteiger partial charge in [-0.2, -0.15) is 12.6 Å². The second-order valence-electron chi connectivity index (χ2n) is 4.99. The smallest absolute Gasteiger partial charge is 0.269 e. The fourth-order valence-corrected chi connectivity index (χ4v) is 2.84. The Morgan fingerprint density at radius 2 is 1.76 bits per heavy atom. The zero-order valence-electron chi connectivity index (χ0n) is 11.5. The summed E-state index contributed by atoms with van der Waals surface area (Å²) in [5.41, 5.74) is 2.83. The standard InChI is InChI=1S/C17H16N2OS/c20-17-10-18-15-8-4-5-9-16(15)19(17)11-14(12-21)13-6-2-1-3-7-13/h1-10,14,21H,11-12H2. The van der Waals surface area contributed by atoms with Gasteiger partial charge in [0.15, 0.2) is 0 Å². The van der Waals surface area contributed by atoms with Gasteiger partial charge in [0.1, 0.15) is 0 Å². The molecule has 3 aromatic rings. The third-order valence-corrected chi connectivity index (χ3v) is 4.09. The van der Waals surface area contributed by atoms with Gasteiger partial charge in [-0.15, -0.1) is 0 Å². The van der Waals surface area contributed by atoms with Gasteiger partial charge in [-0.05, 0) is 23.4 Å². The molecule has 106 valence electrons. The van der Waals surface area contributed by atoms with Gasteiger partial charge in [-0.3, -0.25) is 4.79 Å². The SMILES string of the molecule is O=c1cnc2ccccc2n1CC(CS)c1ccccc1. The molecule has 0 aliphatic carbocycles. The highest BCUT2D eigenvalue weighted by Crippen LogP contribution is 2.20. The number of hydrogen-bond acceptors (Lipinski definition) is 3. The van der Waals surface area contributed by atoms with Crippen molar-refractivity contribution < 1.29 is 0 Å². The molecule has 3 rings (SSSR count). The van der Waals surface area contributed by atoms with Crippen LogP contribution in [0.15, 0.2) is 65.6 Å². The lowest BCUT2D eigenvalue weighted by molar-refractivity contribution is 0.603. The highest BCUT2D eigenvalue weighted by Gasteiger charge is 2.13. The number of para-hydroxylation sites is 2. The van der Waals surface area contributed by atoms with Crippen molar-refractivity contribution in [2.45, 2.75) is 12.5 Å². The second-order valence-corrected chi connectivity index (χ2v) is 5.35. The van der Waals surface area contributed by atoms with Crippen LogP contribution in [0, 0.1) is 0 Å². The molecule has 3 nitrogen and oxygen atoms in total. The molecule has 0 aliphatic heterocycles. The van der Waals surface area contributed by atoms with E-state index < -0.39 is 0 Å². The minimum atomic E-state index is -0.0728. The van der Waals surface area contributed by atoms with Crippen LogP contribution in [-0.4, -0.2) is 15.3 Å². The summed E-state index contributed by atoms with van der Waals surface area (Å²) >= 11 is 4.45. The van der Waals surface area contributed by atoms with Crippen molar-refractivity contribution in [1.82, 2.24) is 9.55 Å². The van der Waals surface area contributed by atoms with Crippen LogP contribution in [0.3, 0.4) is 0 Å². The molecule has 21 heavy (non-hydrogen) atoms. The van der Waals surface area contributed by atoms with Crippen LogP contribution in [0.25, 0.3) is 11.0 Å². The Hall–Kier alpha value is -2.07. The Labute approximate surface area is 128 Å². The molecule has 1 aromatic heterocycles. The second kappa shape index (κ2) is 6.14. The molecule has 0 bridgehead atoms. The Bertz CT molecular complexity index is 798. The Kier molecular flexibility index (Phi) is 4.06. The summed E-state index contributed by atoms with van der Waals surface area (Å²) in [6.45, 7) is 0.607. The average Bonchev–Trinajstić information content (AvgIpc) is 2.55. The van der Waals surface area contributed by atoms with Crippen LogP contribution in [0.5, 0.6) is 0 Å². The van der Waals surface area contributed by atoms with Gasteiger partial charge in [0, 0.05) is 12.5 Å². The molecule has 0 aliphatic rings. The van der Waals surface area contributed by atoms with Crippen LogP contribution < -0.4 is 5.56 Å². The molecule has 0 radical (unpaired) electrons. The lowest BCUT2D eigenvalue weighted by Gasteiger charge is -2.18. The monoisotopic (exact) mass is 296 g/mol. The first kappa shape index (κ1) is 13.9. The van der Waals surface area contributed by atoms with Crippen molar-refractivity contribution in [2.24, 2.45) is 0 Å². The molecule has 0 spiro atoms. The highest BCUT2D eigenvalue weighted by molar-refractivity contribution is 7.80. The summed E-state index contributed by atoms with van der Waals surface area (Å²) in [5.74, 6) is 0.880. The fourth-order valence-electron chi connectivity index (χ4n) is 2.52. The third-order valence-electron chi connectivity index (χ3n) is 3.65. The number of thiol groups is 1. The predicted molar refractivity (Wildman–Crippen MR) is 89.0 cm³/mol. The van der Waals surface area contributed by atoms with Gasteiger partial charge in [-0.1, -0.05) is 42.5 Å². The van der Waals surface area contributed by atoms with Crippen LogP contribution in [0.4, 0.5) is 0 Å². The molecular formula is C17H16N2OS. The Balaban J connectivity index is 2.04. The maximum atomic E-state index is 12.2. The van der Waals surface area contributed by atoms with E-state index in [0.29, 0.717) is 12.3 Å². The van der Waals surface area contributed by atoms with E-state index >= 15 is 0 Å². The van der Waals surface area contributed by atoms with Crippen LogP contribution >= 0.6 is 12.6 Å². The summed E-state index contributed by atoms with van der Waals surface area (Å²) in [6.07, 6.45) is 1.39. The van der Waals surface area contributed by atoms with Crippen LogP contribution in [-0.2, 0) is 6.54 Å². The number of aromatic nitrogens is 2. The molecule has 2 aromatic carbocycles. The van der Waals surface area contributed by atoms with E-state index in [1.165, 1.54) is 11.8 Å². The predicted octanol–water partition coefficient (Wildman–Crippen LogP) is 3.11. The highest BCUT2D eigenvalue weighted by atomic mass is 32.1. The molecular weight excluding hydrogens is 280 g/mol. The quantitative estimate of drug-likeness (QED) is 0.751. The molecule has 0 saturated carbocycles. The van der Waals surface area contributed by atoms with E-state index in [-0.39, 0.29) is 11.5 Å². The topological polar surface area (TPSA) is 34.9 Å². The van der Waals surface area contributed by atoms with Crippen molar-refractivity contribution in [3.8, 4) is 0 Å². The molecule has 0 amide bonds. The van der Waals surface area contributed by atoms with E-state index in [2.05, 4.69) is 29.7 Å². The zero-order chi connectivity index (χ0) is 14.7. The lowest BCUT2D eigenvalue weighted by atomic mass is 10.0. The van der Waals surface area contributed by atoms with E-state index in [1.807, 2.05) is 42.5 Å². The van der Waals surface area contributed by atoms with Crippen LogP contribution in [0.2, 0.25) is 0 Å². The van der Waals surface area contributed by atoms with Crippen molar-refractivity contribution >= 4 is 23.7 Å². The molecule has 0 saturated heterocycles. The van der Waals surface area contributed by atoms with E-state index in [0.717, 1.165) is 11.0 Å². The molecule has 1 atom stereocenters. The number of hydrogen-bond donors (Lipinski definition) is 1. The molecule has 1 heterocycles. The minimum Gasteiger partial charge on any atom is -0.305 e. The van der Waals surface area contributed by atoms with Gasteiger partial charge in [0.25, 0.3) is 5.56 Å². The van der Waals surface area contributed by atoms with E-state index in [4.69, 9.17) is 0 Å². The summed E-state index contributed by atoms with van der Waals surface area (Å²) in [6, 6.07) is 17.9. The summed E-state index contributed by atoms with van der Waals surface area (Å²) < 4.78 is 1.79. The Morgan fingerprint density at radius 3 is 2.52 bits per heavy atom. The van der Waals surface area contributed by atoms with Crippen molar-refractivity contribution in [2.75, 3.05) is 5.75 Å². The van der Waals surface area contributed by atoms with Crippen LogP contribution in [0.1, 0.15) is 11.5 Å². The van der Waals surface area contributed by atoms with Gasteiger partial charge in [0.05, 0.1) is 17.2 Å². The first-order chi connectivity index (χ1) is 10.3. The Morgan fingerprint density at radius 1 is 1.05 bits per heavy atom. The van der Waals surface area contributed by atoms with Gasteiger partial charge in [-0.25, -0.2) is 4.98 Å². The number of benzene rings is 2. The number of nitrogens with zero attached hydrogens (tertiary/aromatic N) is 2.